The Balaban J connectivity index is 1.80. The van der Waals surface area contributed by atoms with Crippen molar-refractivity contribution < 1.29 is 23.9 Å². The lowest BCUT2D eigenvalue weighted by Crippen LogP contribution is -2.34. The average molecular weight is 517 g/mol. The summed E-state index contributed by atoms with van der Waals surface area (Å²) in [5.74, 6) is -0.525. The molecule has 3 rings (SSSR count). The van der Waals surface area contributed by atoms with Gasteiger partial charge in [-0.1, -0.05) is 33.3 Å². The molecule has 0 radical (unpaired) electrons. The lowest BCUT2D eigenvalue weighted by Gasteiger charge is -2.36. The molecule has 1 unspecified atom stereocenters. The van der Waals surface area contributed by atoms with E-state index in [1.54, 1.807) is 25.1 Å². The fourth-order valence-corrected chi connectivity index (χ4v) is 5.80. The summed E-state index contributed by atoms with van der Waals surface area (Å²) in [6, 6.07) is 6.25. The van der Waals surface area contributed by atoms with Crippen molar-refractivity contribution in [1.82, 2.24) is 5.32 Å². The largest absolute Gasteiger partial charge is 0.462 e. The van der Waals surface area contributed by atoms with Gasteiger partial charge in [0.25, 0.3) is 5.91 Å². The number of rotatable bonds is 7. The highest BCUT2D eigenvalue weighted by Crippen LogP contribution is 2.45. The minimum Gasteiger partial charge on any atom is -0.462 e. The van der Waals surface area contributed by atoms with Crippen molar-refractivity contribution in [3.63, 3.8) is 0 Å². The van der Waals surface area contributed by atoms with Gasteiger partial charge in [0.05, 0.1) is 12.2 Å². The van der Waals surface area contributed by atoms with Gasteiger partial charge in [-0.2, -0.15) is 0 Å². The molecule has 2 aromatic rings. The van der Waals surface area contributed by atoms with Crippen molar-refractivity contribution >= 4 is 51.5 Å². The maximum atomic E-state index is 12.9. The maximum Gasteiger partial charge on any atom is 0.341 e. The van der Waals surface area contributed by atoms with Crippen molar-refractivity contribution in [3.8, 4) is 5.75 Å². The van der Waals surface area contributed by atoms with Gasteiger partial charge in [-0.15, -0.1) is 11.3 Å². The topological polar surface area (TPSA) is 93.7 Å². The van der Waals surface area contributed by atoms with Crippen LogP contribution in [0.5, 0.6) is 5.75 Å². The number of benzene rings is 1. The lowest BCUT2D eigenvalue weighted by molar-refractivity contribution is -0.131. The fourth-order valence-electron chi connectivity index (χ4n) is 4.23. The third kappa shape index (κ3) is 6.46. The van der Waals surface area contributed by atoms with Crippen LogP contribution in [-0.2, 0) is 22.4 Å². The van der Waals surface area contributed by atoms with Gasteiger partial charge in [0.15, 0.2) is 5.11 Å². The Hall–Kier alpha value is -2.78. The number of ether oxygens (including phenoxy) is 2. The Morgan fingerprint density at radius 3 is 2.63 bits per heavy atom. The normalized spacial score (nSPS) is 15.1. The van der Waals surface area contributed by atoms with Gasteiger partial charge in [-0.05, 0) is 73.5 Å². The summed E-state index contributed by atoms with van der Waals surface area (Å²) in [7, 11) is 0. The number of thiocarbonyl (C=S) groups is 1. The van der Waals surface area contributed by atoms with Crippen molar-refractivity contribution in [2.45, 2.75) is 60.3 Å². The summed E-state index contributed by atoms with van der Waals surface area (Å²) in [5.41, 5.74) is 2.02. The zero-order valence-electron chi connectivity index (χ0n) is 20.8. The van der Waals surface area contributed by atoms with Crippen LogP contribution in [0.4, 0.5) is 5.00 Å². The van der Waals surface area contributed by atoms with Crippen LogP contribution in [0.2, 0.25) is 0 Å². The molecule has 1 atom stereocenters. The molecule has 188 valence electrons. The number of nitrogens with one attached hydrogen (secondary N) is 2. The highest BCUT2D eigenvalue weighted by Gasteiger charge is 2.35. The first kappa shape index (κ1) is 26.8. The third-order valence-electron chi connectivity index (χ3n) is 6.57. The second kappa shape index (κ2) is 11.3. The molecule has 1 aliphatic rings. The van der Waals surface area contributed by atoms with Gasteiger partial charge in [-0.3, -0.25) is 14.9 Å². The molecule has 0 saturated heterocycles. The molecule has 1 heterocycles. The van der Waals surface area contributed by atoms with E-state index in [4.69, 9.17) is 21.7 Å². The van der Waals surface area contributed by atoms with Crippen LogP contribution < -0.4 is 15.4 Å². The molecule has 0 aliphatic heterocycles. The van der Waals surface area contributed by atoms with E-state index in [-0.39, 0.29) is 34.4 Å². The minimum atomic E-state index is -0.475. The van der Waals surface area contributed by atoms with E-state index in [1.165, 1.54) is 24.3 Å². The summed E-state index contributed by atoms with van der Waals surface area (Å²) in [5, 5.41) is 6.35. The number of carbonyl (C=O) groups excluding carboxylic acids is 3. The molecule has 2 N–H and O–H groups in total. The standard InChI is InChI=1S/C26H32N2O5S2/c1-6-26(4,5)17-11-12-19-20(14-17)35-23(21(19)24(31)32-7-2)28-25(34)27-22(30)16-9-8-10-18(13-16)33-15(3)29/h8-10,13,17H,6-7,11-12,14H2,1-5H3,(H2,27,28,30,34). The molecule has 1 aliphatic carbocycles. The molecule has 1 amide bonds. The van der Waals surface area contributed by atoms with Gasteiger partial charge < -0.3 is 14.8 Å². The third-order valence-corrected chi connectivity index (χ3v) is 7.95. The summed E-state index contributed by atoms with van der Waals surface area (Å²) in [6.45, 7) is 10.1. The molecule has 0 fully saturated rings. The summed E-state index contributed by atoms with van der Waals surface area (Å²) >= 11 is 6.89. The minimum absolute atomic E-state index is 0.0717. The van der Waals surface area contributed by atoms with Crippen LogP contribution >= 0.6 is 23.6 Å². The number of carbonyl (C=O) groups is 3. The van der Waals surface area contributed by atoms with Crippen LogP contribution in [0.15, 0.2) is 24.3 Å². The first-order chi connectivity index (χ1) is 16.6. The van der Waals surface area contributed by atoms with Crippen molar-refractivity contribution in [2.24, 2.45) is 11.3 Å². The Morgan fingerprint density at radius 1 is 1.23 bits per heavy atom. The lowest BCUT2D eigenvalue weighted by atomic mass is 9.69. The Kier molecular flexibility index (Phi) is 8.66. The van der Waals surface area contributed by atoms with Crippen LogP contribution in [0.25, 0.3) is 0 Å². The number of hydrogen-bond acceptors (Lipinski definition) is 7. The first-order valence-corrected chi connectivity index (χ1v) is 13.0. The summed E-state index contributed by atoms with van der Waals surface area (Å²) in [4.78, 5) is 37.9. The molecule has 0 saturated carbocycles. The van der Waals surface area contributed by atoms with E-state index in [9.17, 15) is 14.4 Å². The molecular weight excluding hydrogens is 484 g/mol. The molecule has 7 nitrogen and oxygen atoms in total. The maximum absolute atomic E-state index is 12.9. The van der Waals surface area contributed by atoms with Gasteiger partial charge >= 0.3 is 11.9 Å². The second-order valence-corrected chi connectivity index (χ2v) is 10.8. The molecule has 0 bridgehead atoms. The zero-order valence-corrected chi connectivity index (χ0v) is 22.4. The predicted molar refractivity (Wildman–Crippen MR) is 141 cm³/mol. The number of amides is 1. The quantitative estimate of drug-likeness (QED) is 0.284. The molecule has 1 aromatic carbocycles. The fraction of sp³-hybridized carbons (Fsp3) is 0.462. The van der Waals surface area contributed by atoms with Crippen LogP contribution in [0, 0.1) is 11.3 Å². The number of thiophene rings is 1. The van der Waals surface area contributed by atoms with Gasteiger partial charge in [0.2, 0.25) is 0 Å². The van der Waals surface area contributed by atoms with Gasteiger partial charge in [0, 0.05) is 17.4 Å². The first-order valence-electron chi connectivity index (χ1n) is 11.8. The Labute approximate surface area is 215 Å². The molecule has 9 heteroatoms. The van der Waals surface area contributed by atoms with E-state index >= 15 is 0 Å². The monoisotopic (exact) mass is 516 g/mol. The number of esters is 2. The van der Waals surface area contributed by atoms with E-state index in [1.807, 2.05) is 0 Å². The van der Waals surface area contributed by atoms with E-state index in [0.717, 1.165) is 36.1 Å². The van der Waals surface area contributed by atoms with Crippen LogP contribution in [0.3, 0.4) is 0 Å². The van der Waals surface area contributed by atoms with E-state index in [2.05, 4.69) is 31.4 Å². The Morgan fingerprint density at radius 2 is 1.97 bits per heavy atom. The summed E-state index contributed by atoms with van der Waals surface area (Å²) < 4.78 is 10.4. The van der Waals surface area contributed by atoms with E-state index < -0.39 is 11.9 Å². The number of fused-ring (bicyclic) bond motifs is 1. The smallest absolute Gasteiger partial charge is 0.341 e. The number of hydrogen-bond donors (Lipinski definition) is 2. The van der Waals surface area contributed by atoms with Crippen molar-refractivity contribution in [3.05, 3.63) is 45.8 Å². The highest BCUT2D eigenvalue weighted by atomic mass is 32.1. The zero-order chi connectivity index (χ0) is 25.8. The van der Waals surface area contributed by atoms with Gasteiger partial charge in [0.1, 0.15) is 10.8 Å². The van der Waals surface area contributed by atoms with E-state index in [0.29, 0.717) is 16.5 Å². The molecular formula is C26H32N2O5S2. The molecule has 1 aromatic heterocycles. The second-order valence-electron chi connectivity index (χ2n) is 9.24. The predicted octanol–water partition coefficient (Wildman–Crippen LogP) is 5.52. The Bertz CT molecular complexity index is 1140. The number of anilines is 1. The molecule has 35 heavy (non-hydrogen) atoms. The van der Waals surface area contributed by atoms with Crippen LogP contribution in [-0.4, -0.2) is 29.6 Å². The highest BCUT2D eigenvalue weighted by molar-refractivity contribution is 7.80. The average Bonchev–Trinajstić information content (AvgIpc) is 3.15. The summed E-state index contributed by atoms with van der Waals surface area (Å²) in [6.07, 6.45) is 3.80. The molecule has 0 spiro atoms. The van der Waals surface area contributed by atoms with Crippen molar-refractivity contribution in [1.29, 1.82) is 0 Å². The van der Waals surface area contributed by atoms with Crippen molar-refractivity contribution in [2.75, 3.05) is 11.9 Å². The van der Waals surface area contributed by atoms with Gasteiger partial charge in [-0.25, -0.2) is 4.79 Å². The van der Waals surface area contributed by atoms with Crippen LogP contribution in [0.1, 0.15) is 78.6 Å². The SMILES string of the molecule is CCOC(=O)c1c(NC(=S)NC(=O)c2cccc(OC(C)=O)c2)sc2c1CCC(C(C)(C)CC)C2.